The van der Waals surface area contributed by atoms with Gasteiger partial charge in [-0.15, -0.1) is 0 Å². The van der Waals surface area contributed by atoms with E-state index in [1.807, 2.05) is 12.1 Å². The molecule has 3 heterocycles. The van der Waals surface area contributed by atoms with Crippen molar-refractivity contribution in [1.82, 2.24) is 9.88 Å². The Kier molecular flexibility index (Phi) is 6.74. The highest BCUT2D eigenvalue weighted by atomic mass is 19.4. The number of anilines is 1. The van der Waals surface area contributed by atoms with Crippen LogP contribution in [0.25, 0.3) is 0 Å². The molecule has 1 fully saturated rings. The number of aromatic nitrogens is 1. The molecule has 0 saturated carbocycles. The summed E-state index contributed by atoms with van der Waals surface area (Å²) in [7, 11) is 1.38. The molecule has 1 amide bonds. The van der Waals surface area contributed by atoms with Crippen molar-refractivity contribution in [1.29, 1.82) is 0 Å². The molecule has 0 bridgehead atoms. The molecule has 2 aliphatic heterocycles. The Morgan fingerprint density at radius 2 is 1.85 bits per heavy atom. The lowest BCUT2D eigenvalue weighted by Crippen LogP contribution is -2.57. The number of carboxylic acid groups (broad SMARTS) is 1. The number of fused-ring (bicyclic) bond motifs is 3. The predicted octanol–water partition coefficient (Wildman–Crippen LogP) is 4.93. The number of aromatic carboxylic acids is 1. The maximum Gasteiger partial charge on any atom is 0.416 e. The van der Waals surface area contributed by atoms with Crippen molar-refractivity contribution in [3.8, 4) is 5.75 Å². The smallest absolute Gasteiger partial charge is 0.416 e. The number of halogens is 3. The molecule has 7 nitrogen and oxygen atoms in total. The molecular weight excluding hydrogens is 511 g/mol. The van der Waals surface area contributed by atoms with Crippen LogP contribution in [0.2, 0.25) is 0 Å². The van der Waals surface area contributed by atoms with Gasteiger partial charge in [0.1, 0.15) is 17.1 Å². The number of alkyl halides is 3. The second-order valence-electron chi connectivity index (χ2n) is 10.2. The molecule has 39 heavy (non-hydrogen) atoms. The third kappa shape index (κ3) is 4.91. The molecule has 5 rings (SSSR count). The first-order valence-corrected chi connectivity index (χ1v) is 12.6. The van der Waals surface area contributed by atoms with Crippen molar-refractivity contribution in [3.05, 3.63) is 88.6 Å². The maximum atomic E-state index is 13.4. The number of ether oxygens (including phenoxy) is 1. The first kappa shape index (κ1) is 26.5. The highest BCUT2D eigenvalue weighted by Gasteiger charge is 2.51. The summed E-state index contributed by atoms with van der Waals surface area (Å²) in [5, 5.41) is 9.32. The van der Waals surface area contributed by atoms with Crippen LogP contribution in [0.5, 0.6) is 5.75 Å². The second-order valence-corrected chi connectivity index (χ2v) is 10.2. The monoisotopic (exact) mass is 539 g/mol. The molecule has 0 spiro atoms. The topological polar surface area (TPSA) is 83.0 Å². The zero-order valence-corrected chi connectivity index (χ0v) is 21.5. The second kappa shape index (κ2) is 9.91. The van der Waals surface area contributed by atoms with Crippen LogP contribution in [0.4, 0.5) is 19.0 Å². The highest BCUT2D eigenvalue weighted by molar-refractivity contribution is 5.91. The SMILES string of the molecule is COc1cc(CC(=O)N2CCC3(C)c4cccnc4N(Cc4ccc(C(F)(F)F)cc4)C3C2)ccc1C(=O)O. The van der Waals surface area contributed by atoms with E-state index in [4.69, 9.17) is 4.74 Å². The van der Waals surface area contributed by atoms with E-state index in [9.17, 15) is 27.9 Å². The zero-order chi connectivity index (χ0) is 27.9. The van der Waals surface area contributed by atoms with Crippen molar-refractivity contribution < 1.29 is 32.6 Å². The number of pyridine rings is 1. The average molecular weight is 540 g/mol. The number of hydrogen-bond donors (Lipinski definition) is 1. The number of methoxy groups -OCH3 is 1. The quantitative estimate of drug-likeness (QED) is 0.479. The zero-order valence-electron chi connectivity index (χ0n) is 21.5. The molecule has 1 saturated heterocycles. The van der Waals surface area contributed by atoms with Crippen molar-refractivity contribution in [2.24, 2.45) is 0 Å². The van der Waals surface area contributed by atoms with Gasteiger partial charge in [0.2, 0.25) is 5.91 Å². The minimum Gasteiger partial charge on any atom is -0.496 e. The summed E-state index contributed by atoms with van der Waals surface area (Å²) in [4.78, 5) is 33.3. The fourth-order valence-electron chi connectivity index (χ4n) is 5.73. The van der Waals surface area contributed by atoms with E-state index in [1.54, 1.807) is 23.2 Å². The highest BCUT2D eigenvalue weighted by Crippen LogP contribution is 2.49. The van der Waals surface area contributed by atoms with Gasteiger partial charge < -0.3 is 19.6 Å². The van der Waals surface area contributed by atoms with E-state index in [1.165, 1.54) is 25.3 Å². The Bertz CT molecular complexity index is 1410. The number of carbonyl (C=O) groups is 2. The summed E-state index contributed by atoms with van der Waals surface area (Å²) < 4.78 is 44.4. The summed E-state index contributed by atoms with van der Waals surface area (Å²) in [5.41, 5.74) is 1.49. The largest absolute Gasteiger partial charge is 0.496 e. The lowest BCUT2D eigenvalue weighted by atomic mass is 9.73. The fourth-order valence-corrected chi connectivity index (χ4v) is 5.73. The number of carbonyl (C=O) groups excluding carboxylic acids is 1. The van der Waals surface area contributed by atoms with Gasteiger partial charge in [0.05, 0.1) is 25.1 Å². The molecular formula is C29H28F3N3O4. The van der Waals surface area contributed by atoms with Crippen LogP contribution in [0, 0.1) is 0 Å². The van der Waals surface area contributed by atoms with Crippen molar-refractivity contribution in [3.63, 3.8) is 0 Å². The first-order chi connectivity index (χ1) is 18.5. The number of nitrogens with zero attached hydrogens (tertiary/aromatic N) is 3. The maximum absolute atomic E-state index is 13.4. The first-order valence-electron chi connectivity index (χ1n) is 12.6. The molecule has 2 unspecified atom stereocenters. The van der Waals surface area contributed by atoms with E-state index < -0.39 is 17.7 Å². The Morgan fingerprint density at radius 3 is 2.51 bits per heavy atom. The van der Waals surface area contributed by atoms with Gasteiger partial charge in [-0.2, -0.15) is 13.2 Å². The third-order valence-electron chi connectivity index (χ3n) is 7.92. The number of rotatable bonds is 6. The lowest BCUT2D eigenvalue weighted by Gasteiger charge is -2.45. The van der Waals surface area contributed by atoms with Crippen molar-refractivity contribution in [2.75, 3.05) is 25.1 Å². The normalized spacial score (nSPS) is 20.4. The Morgan fingerprint density at radius 1 is 1.13 bits per heavy atom. The third-order valence-corrected chi connectivity index (χ3v) is 7.92. The standard InChI is InChI=1S/C29H28F3N3O4/c1-28-11-13-34(25(36)15-19-7-10-21(27(37)38)23(14-19)39-2)17-24(28)35(26-22(28)4-3-12-33-26)16-18-5-8-20(9-6-18)29(30,31)32/h3-10,12,14,24H,11,13,15-17H2,1-2H3,(H,37,38). The van der Waals surface area contributed by atoms with Gasteiger partial charge in [0.15, 0.2) is 0 Å². The molecule has 10 heteroatoms. The fraction of sp³-hybridized carbons (Fsp3) is 0.345. The van der Waals surface area contributed by atoms with Gasteiger partial charge in [0, 0.05) is 36.8 Å². The number of piperidine rings is 1. The Labute approximate surface area is 223 Å². The van der Waals surface area contributed by atoms with Crippen LogP contribution in [0.15, 0.2) is 60.8 Å². The van der Waals surface area contributed by atoms with Gasteiger partial charge >= 0.3 is 12.1 Å². The molecule has 1 aromatic heterocycles. The van der Waals surface area contributed by atoms with Gasteiger partial charge in [-0.1, -0.05) is 31.2 Å². The Hall–Kier alpha value is -4.08. The van der Waals surface area contributed by atoms with Gasteiger partial charge in [-0.05, 0) is 47.9 Å². The summed E-state index contributed by atoms with van der Waals surface area (Å²) in [6.45, 7) is 3.48. The van der Waals surface area contributed by atoms with Crippen LogP contribution in [-0.2, 0) is 29.4 Å². The molecule has 204 valence electrons. The van der Waals surface area contributed by atoms with Crippen LogP contribution < -0.4 is 9.64 Å². The van der Waals surface area contributed by atoms with Crippen LogP contribution in [0.1, 0.15) is 46.0 Å². The predicted molar refractivity (Wildman–Crippen MR) is 138 cm³/mol. The average Bonchev–Trinajstić information content (AvgIpc) is 3.15. The van der Waals surface area contributed by atoms with Crippen molar-refractivity contribution >= 4 is 17.7 Å². The Balaban J connectivity index is 1.38. The minimum absolute atomic E-state index is 0.0255. The number of benzene rings is 2. The molecule has 0 aliphatic carbocycles. The molecule has 0 radical (unpaired) electrons. The van der Waals surface area contributed by atoms with E-state index in [0.29, 0.717) is 31.6 Å². The van der Waals surface area contributed by atoms with Crippen molar-refractivity contribution in [2.45, 2.75) is 43.9 Å². The molecule has 2 aliphatic rings. The van der Waals surface area contributed by atoms with E-state index in [0.717, 1.165) is 29.1 Å². The molecule has 1 N–H and O–H groups in total. The number of likely N-dealkylation sites (tertiary alicyclic amines) is 1. The minimum atomic E-state index is -4.40. The van der Waals surface area contributed by atoms with Gasteiger partial charge in [-0.3, -0.25) is 4.79 Å². The molecule has 3 aromatic rings. The number of hydrogen-bond acceptors (Lipinski definition) is 5. The molecule has 2 atom stereocenters. The number of amides is 1. The van der Waals surface area contributed by atoms with E-state index >= 15 is 0 Å². The summed E-state index contributed by atoms with van der Waals surface area (Å²) in [6.07, 6.45) is -1.91. The van der Waals surface area contributed by atoms with Crippen LogP contribution in [-0.4, -0.2) is 53.1 Å². The summed E-state index contributed by atoms with van der Waals surface area (Å²) >= 11 is 0. The van der Waals surface area contributed by atoms with Crippen LogP contribution >= 0.6 is 0 Å². The summed E-state index contributed by atoms with van der Waals surface area (Å²) in [6, 6.07) is 13.6. The van der Waals surface area contributed by atoms with Crippen LogP contribution in [0.3, 0.4) is 0 Å². The van der Waals surface area contributed by atoms with E-state index in [2.05, 4.69) is 16.8 Å². The lowest BCUT2D eigenvalue weighted by molar-refractivity contribution is -0.137. The summed E-state index contributed by atoms with van der Waals surface area (Å²) in [5.74, 6) is -0.226. The van der Waals surface area contributed by atoms with Gasteiger partial charge in [-0.25, -0.2) is 9.78 Å². The number of carboxylic acids is 1. The molecule has 2 aromatic carbocycles. The van der Waals surface area contributed by atoms with E-state index in [-0.39, 0.29) is 35.1 Å². The van der Waals surface area contributed by atoms with Gasteiger partial charge in [0.25, 0.3) is 0 Å².